The summed E-state index contributed by atoms with van der Waals surface area (Å²) in [5, 5.41) is 10.7. The lowest BCUT2D eigenvalue weighted by Crippen LogP contribution is -2.39. The minimum atomic E-state index is -3.85. The van der Waals surface area contributed by atoms with E-state index in [4.69, 9.17) is 0 Å². The second kappa shape index (κ2) is 9.99. The van der Waals surface area contributed by atoms with Gasteiger partial charge in [0, 0.05) is 24.3 Å². The van der Waals surface area contributed by atoms with Crippen LogP contribution in [0.3, 0.4) is 0 Å². The zero-order chi connectivity index (χ0) is 24.3. The summed E-state index contributed by atoms with van der Waals surface area (Å²) < 4.78 is 28.7. The van der Waals surface area contributed by atoms with Gasteiger partial charge < -0.3 is 10.0 Å². The first-order chi connectivity index (χ1) is 16.2. The summed E-state index contributed by atoms with van der Waals surface area (Å²) in [6, 6.07) is 21.5. The van der Waals surface area contributed by atoms with E-state index in [2.05, 4.69) is 4.72 Å². The van der Waals surface area contributed by atoms with E-state index in [1.54, 1.807) is 36.1 Å². The number of aliphatic hydroxyl groups is 1. The van der Waals surface area contributed by atoms with E-state index in [9.17, 15) is 18.3 Å². The van der Waals surface area contributed by atoms with Crippen molar-refractivity contribution in [3.8, 4) is 0 Å². The van der Waals surface area contributed by atoms with E-state index in [0.29, 0.717) is 42.7 Å². The minimum absolute atomic E-state index is 0.0825. The maximum atomic E-state index is 13.2. The summed E-state index contributed by atoms with van der Waals surface area (Å²) in [5.74, 6) is -0.112. The van der Waals surface area contributed by atoms with Crippen LogP contribution in [-0.4, -0.2) is 37.4 Å². The number of anilines is 1. The Hall–Kier alpha value is -3.16. The number of nitrogens with zero attached hydrogens (tertiary/aromatic N) is 1. The molecule has 34 heavy (non-hydrogen) atoms. The number of hydrogen-bond acceptors (Lipinski definition) is 4. The molecule has 0 radical (unpaired) electrons. The smallest absolute Gasteiger partial charge is 0.262 e. The maximum absolute atomic E-state index is 13.2. The highest BCUT2D eigenvalue weighted by Gasteiger charge is 2.29. The van der Waals surface area contributed by atoms with E-state index in [-0.39, 0.29) is 16.7 Å². The van der Waals surface area contributed by atoms with Crippen molar-refractivity contribution in [2.45, 2.75) is 37.7 Å². The molecule has 2 N–H and O–H groups in total. The SMILES string of the molecule is Cc1ccc(NS(=O)(=O)c2cc(C(=O)N3CCC(C(O)c4ccccc4)CC3)ccc2C)cc1. The lowest BCUT2D eigenvalue weighted by molar-refractivity contribution is 0.0462. The number of carbonyl (C=O) groups is 1. The van der Waals surface area contributed by atoms with Gasteiger partial charge in [-0.3, -0.25) is 9.52 Å². The third-order valence-electron chi connectivity index (χ3n) is 6.44. The second-order valence-electron chi connectivity index (χ2n) is 8.94. The average molecular weight is 479 g/mol. The molecule has 4 rings (SSSR count). The van der Waals surface area contributed by atoms with Crippen LogP contribution in [0.1, 0.15) is 46.0 Å². The van der Waals surface area contributed by atoms with Gasteiger partial charge in [-0.05, 0) is 68.0 Å². The number of amides is 1. The van der Waals surface area contributed by atoms with Gasteiger partial charge in [-0.2, -0.15) is 0 Å². The summed E-state index contributed by atoms with van der Waals surface area (Å²) in [6.45, 7) is 4.69. The molecule has 7 heteroatoms. The Kier molecular flexibility index (Phi) is 7.05. The normalized spacial score (nSPS) is 15.7. The van der Waals surface area contributed by atoms with Gasteiger partial charge in [-0.15, -0.1) is 0 Å². The molecule has 1 amide bonds. The Morgan fingerprint density at radius 2 is 1.62 bits per heavy atom. The van der Waals surface area contributed by atoms with Gasteiger partial charge in [0.25, 0.3) is 15.9 Å². The monoisotopic (exact) mass is 478 g/mol. The van der Waals surface area contributed by atoms with Crippen LogP contribution in [0.2, 0.25) is 0 Å². The van der Waals surface area contributed by atoms with Crippen molar-refractivity contribution < 1.29 is 18.3 Å². The Bertz CT molecular complexity index is 1250. The molecule has 0 spiro atoms. The van der Waals surface area contributed by atoms with Crippen LogP contribution in [0.15, 0.2) is 77.7 Å². The number of benzene rings is 3. The van der Waals surface area contributed by atoms with Gasteiger partial charge in [-0.1, -0.05) is 54.1 Å². The first kappa shape index (κ1) is 24.0. The van der Waals surface area contributed by atoms with Crippen LogP contribution >= 0.6 is 0 Å². The number of rotatable bonds is 6. The van der Waals surface area contributed by atoms with Crippen molar-refractivity contribution in [1.82, 2.24) is 4.90 Å². The van der Waals surface area contributed by atoms with Crippen molar-refractivity contribution >= 4 is 21.6 Å². The fourth-order valence-corrected chi connectivity index (χ4v) is 5.71. The molecule has 0 aromatic heterocycles. The van der Waals surface area contributed by atoms with E-state index < -0.39 is 16.1 Å². The predicted octanol–water partition coefficient (Wildman–Crippen LogP) is 4.69. The topological polar surface area (TPSA) is 86.7 Å². The van der Waals surface area contributed by atoms with Gasteiger partial charge >= 0.3 is 0 Å². The van der Waals surface area contributed by atoms with Crippen LogP contribution in [-0.2, 0) is 10.0 Å². The average Bonchev–Trinajstić information content (AvgIpc) is 2.85. The lowest BCUT2D eigenvalue weighted by Gasteiger charge is -2.34. The standard InChI is InChI=1S/C27H30N2O4S/c1-19-8-12-24(13-9-19)28-34(32,33)25-18-23(11-10-20(25)2)27(31)29-16-14-22(15-17-29)26(30)21-6-4-3-5-7-21/h3-13,18,22,26,28,30H,14-17H2,1-2H3. The molecule has 1 unspecified atom stereocenters. The van der Waals surface area contributed by atoms with Crippen LogP contribution in [0.4, 0.5) is 5.69 Å². The number of nitrogens with one attached hydrogen (secondary N) is 1. The van der Waals surface area contributed by atoms with Crippen molar-refractivity contribution in [2.75, 3.05) is 17.8 Å². The third-order valence-corrected chi connectivity index (χ3v) is 7.97. The van der Waals surface area contributed by atoms with Crippen molar-refractivity contribution in [2.24, 2.45) is 5.92 Å². The predicted molar refractivity (Wildman–Crippen MR) is 133 cm³/mol. The molecule has 1 saturated heterocycles. The number of aryl methyl sites for hydroxylation is 2. The van der Waals surface area contributed by atoms with E-state index in [1.165, 1.54) is 6.07 Å². The van der Waals surface area contributed by atoms with Crippen LogP contribution in [0.5, 0.6) is 0 Å². The first-order valence-corrected chi connectivity index (χ1v) is 13.0. The van der Waals surface area contributed by atoms with Gasteiger partial charge in [0.2, 0.25) is 0 Å². The number of aliphatic hydroxyl groups excluding tert-OH is 1. The molecule has 0 aliphatic carbocycles. The lowest BCUT2D eigenvalue weighted by atomic mass is 9.87. The summed E-state index contributed by atoms with van der Waals surface area (Å²) in [7, 11) is -3.85. The summed E-state index contributed by atoms with van der Waals surface area (Å²) in [6.07, 6.45) is 0.823. The van der Waals surface area contributed by atoms with E-state index in [1.807, 2.05) is 49.4 Å². The molecule has 6 nitrogen and oxygen atoms in total. The Morgan fingerprint density at radius 3 is 2.26 bits per heavy atom. The maximum Gasteiger partial charge on any atom is 0.262 e. The molecule has 1 aliphatic rings. The van der Waals surface area contributed by atoms with Crippen LogP contribution < -0.4 is 4.72 Å². The van der Waals surface area contributed by atoms with Gasteiger partial charge in [0.1, 0.15) is 0 Å². The van der Waals surface area contributed by atoms with Crippen molar-refractivity contribution in [3.05, 3.63) is 95.1 Å². The Labute approximate surface area is 201 Å². The van der Waals surface area contributed by atoms with Crippen molar-refractivity contribution in [3.63, 3.8) is 0 Å². The molecule has 1 aliphatic heterocycles. The molecule has 1 heterocycles. The Morgan fingerprint density at radius 1 is 0.971 bits per heavy atom. The largest absolute Gasteiger partial charge is 0.388 e. The molecule has 0 saturated carbocycles. The molecule has 1 fully saturated rings. The highest BCUT2D eigenvalue weighted by Crippen LogP contribution is 2.31. The highest BCUT2D eigenvalue weighted by molar-refractivity contribution is 7.92. The molecular weight excluding hydrogens is 448 g/mol. The highest BCUT2D eigenvalue weighted by atomic mass is 32.2. The number of carbonyl (C=O) groups excluding carboxylic acids is 1. The van der Waals surface area contributed by atoms with Crippen molar-refractivity contribution in [1.29, 1.82) is 0 Å². The number of piperidine rings is 1. The number of hydrogen-bond donors (Lipinski definition) is 2. The molecule has 3 aromatic rings. The summed E-state index contributed by atoms with van der Waals surface area (Å²) in [4.78, 5) is 15.0. The molecule has 3 aromatic carbocycles. The Balaban J connectivity index is 1.46. The quantitative estimate of drug-likeness (QED) is 0.538. The molecule has 1 atom stereocenters. The number of sulfonamides is 1. The van der Waals surface area contributed by atoms with Gasteiger partial charge in [0.15, 0.2) is 0 Å². The minimum Gasteiger partial charge on any atom is -0.388 e. The summed E-state index contributed by atoms with van der Waals surface area (Å²) in [5.41, 5.74) is 3.31. The van der Waals surface area contributed by atoms with Crippen LogP contribution in [0, 0.1) is 19.8 Å². The first-order valence-electron chi connectivity index (χ1n) is 11.5. The molecule has 178 valence electrons. The van der Waals surface area contributed by atoms with E-state index >= 15 is 0 Å². The fraction of sp³-hybridized carbons (Fsp3) is 0.296. The van der Waals surface area contributed by atoms with Crippen LogP contribution in [0.25, 0.3) is 0 Å². The third kappa shape index (κ3) is 5.32. The van der Waals surface area contributed by atoms with Gasteiger partial charge in [-0.25, -0.2) is 8.42 Å². The molecular formula is C27H30N2O4S. The zero-order valence-electron chi connectivity index (χ0n) is 19.4. The van der Waals surface area contributed by atoms with Gasteiger partial charge in [0.05, 0.1) is 11.0 Å². The second-order valence-corrected chi connectivity index (χ2v) is 10.6. The zero-order valence-corrected chi connectivity index (χ0v) is 20.3. The fourth-order valence-electron chi connectivity index (χ4n) is 4.38. The summed E-state index contributed by atoms with van der Waals surface area (Å²) >= 11 is 0. The van der Waals surface area contributed by atoms with E-state index in [0.717, 1.165) is 11.1 Å². The number of likely N-dealkylation sites (tertiary alicyclic amines) is 1. The molecule has 0 bridgehead atoms.